The molecular weight excluding hydrogens is 238 g/mol. The van der Waals surface area contributed by atoms with E-state index in [1.54, 1.807) is 0 Å². The molecule has 0 rings (SSSR count). The summed E-state index contributed by atoms with van der Waals surface area (Å²) >= 11 is 0. The normalized spacial score (nSPS) is 11.1. The first-order chi connectivity index (χ1) is 8.52. The summed E-state index contributed by atoms with van der Waals surface area (Å²) < 4.78 is 0. The van der Waals surface area contributed by atoms with Crippen LogP contribution in [0.15, 0.2) is 12.2 Å². The van der Waals surface area contributed by atoms with Crippen molar-refractivity contribution < 1.29 is 24.9 Å². The van der Waals surface area contributed by atoms with Crippen LogP contribution in [0.1, 0.15) is 38.5 Å². The van der Waals surface area contributed by atoms with E-state index < -0.39 is 12.3 Å². The Kier molecular flexibility index (Phi) is 9.90. The Labute approximate surface area is 106 Å². The molecule has 0 aromatic heterocycles. The molecular formula is C12H21NO5. The molecule has 0 fully saturated rings. The van der Waals surface area contributed by atoms with Gasteiger partial charge in [0.2, 0.25) is 5.91 Å². The molecule has 0 heterocycles. The van der Waals surface area contributed by atoms with Crippen LogP contribution in [-0.2, 0) is 9.59 Å². The van der Waals surface area contributed by atoms with Gasteiger partial charge in [0, 0.05) is 19.0 Å². The third-order valence-corrected chi connectivity index (χ3v) is 2.29. The second-order valence-electron chi connectivity index (χ2n) is 3.98. The van der Waals surface area contributed by atoms with Crippen LogP contribution in [0, 0.1) is 0 Å². The molecule has 0 aliphatic rings. The Bertz CT molecular complexity index is 276. The van der Waals surface area contributed by atoms with Gasteiger partial charge >= 0.3 is 5.97 Å². The van der Waals surface area contributed by atoms with Gasteiger partial charge in [-0.2, -0.15) is 0 Å². The molecule has 0 saturated carbocycles. The van der Waals surface area contributed by atoms with Crippen molar-refractivity contribution >= 4 is 11.9 Å². The average molecular weight is 259 g/mol. The van der Waals surface area contributed by atoms with E-state index in [-0.39, 0.29) is 12.3 Å². The highest BCUT2D eigenvalue weighted by molar-refractivity contribution is 5.87. The predicted octanol–water partition coefficient (Wildman–Crippen LogP) is 0.395. The molecule has 0 saturated heterocycles. The number of aliphatic hydroxyl groups excluding tert-OH is 1. The van der Waals surface area contributed by atoms with E-state index in [1.807, 2.05) is 0 Å². The van der Waals surface area contributed by atoms with Crippen LogP contribution < -0.4 is 5.32 Å². The number of hydrogen-bond acceptors (Lipinski definition) is 4. The van der Waals surface area contributed by atoms with Gasteiger partial charge in [-0.05, 0) is 18.9 Å². The van der Waals surface area contributed by atoms with E-state index >= 15 is 0 Å². The summed E-state index contributed by atoms with van der Waals surface area (Å²) in [6.45, 7) is 0.531. The van der Waals surface area contributed by atoms with Crippen LogP contribution in [0.3, 0.4) is 0 Å². The molecule has 0 bridgehead atoms. The minimum atomic E-state index is -1.61. The van der Waals surface area contributed by atoms with Gasteiger partial charge in [-0.25, -0.2) is 0 Å². The largest absolute Gasteiger partial charge is 0.481 e. The summed E-state index contributed by atoms with van der Waals surface area (Å²) in [7, 11) is 0. The number of carboxylic acid groups (broad SMARTS) is 1. The first-order valence-corrected chi connectivity index (χ1v) is 6.06. The lowest BCUT2D eigenvalue weighted by Gasteiger charge is -2.02. The van der Waals surface area contributed by atoms with Gasteiger partial charge in [-0.15, -0.1) is 0 Å². The molecule has 1 amide bonds. The molecule has 0 radical (unpaired) electrons. The maximum Gasteiger partial charge on any atom is 0.303 e. The minimum Gasteiger partial charge on any atom is -0.481 e. The summed E-state index contributed by atoms with van der Waals surface area (Å²) in [5, 5.41) is 28.0. The number of nitrogens with one attached hydrogen (secondary N) is 1. The molecule has 0 aromatic carbocycles. The lowest BCUT2D eigenvalue weighted by molar-refractivity contribution is -0.137. The van der Waals surface area contributed by atoms with Crippen molar-refractivity contribution in [1.29, 1.82) is 0 Å². The minimum absolute atomic E-state index is 0.213. The van der Waals surface area contributed by atoms with Gasteiger partial charge in [-0.3, -0.25) is 9.59 Å². The predicted molar refractivity (Wildman–Crippen MR) is 65.7 cm³/mol. The van der Waals surface area contributed by atoms with Crippen molar-refractivity contribution in [3.63, 3.8) is 0 Å². The van der Waals surface area contributed by atoms with Crippen LogP contribution in [0.2, 0.25) is 0 Å². The van der Waals surface area contributed by atoms with Gasteiger partial charge in [0.1, 0.15) is 0 Å². The quantitative estimate of drug-likeness (QED) is 0.258. The van der Waals surface area contributed by atoms with E-state index in [0.717, 1.165) is 37.8 Å². The Balaban J connectivity index is 3.30. The van der Waals surface area contributed by atoms with Crippen LogP contribution >= 0.6 is 0 Å². The van der Waals surface area contributed by atoms with Crippen molar-refractivity contribution in [3.05, 3.63) is 12.2 Å². The molecule has 18 heavy (non-hydrogen) atoms. The average Bonchev–Trinajstić information content (AvgIpc) is 2.29. The number of carboxylic acids is 1. The van der Waals surface area contributed by atoms with E-state index in [1.165, 1.54) is 0 Å². The van der Waals surface area contributed by atoms with Crippen LogP contribution in [0.4, 0.5) is 0 Å². The van der Waals surface area contributed by atoms with Crippen molar-refractivity contribution in [2.75, 3.05) is 6.54 Å². The Hall–Kier alpha value is -1.40. The van der Waals surface area contributed by atoms with E-state index in [2.05, 4.69) is 5.32 Å². The second-order valence-corrected chi connectivity index (χ2v) is 3.98. The Morgan fingerprint density at radius 2 is 1.67 bits per heavy atom. The summed E-state index contributed by atoms with van der Waals surface area (Å²) in [4.78, 5) is 21.3. The number of aliphatic hydroxyl groups is 2. The molecule has 0 spiro atoms. The summed E-state index contributed by atoms with van der Waals surface area (Å²) in [5.41, 5.74) is 0. The number of unbranched alkanes of at least 4 members (excludes halogenated alkanes) is 4. The maximum absolute atomic E-state index is 11.1. The smallest absolute Gasteiger partial charge is 0.303 e. The summed E-state index contributed by atoms with van der Waals surface area (Å²) in [6, 6.07) is 0. The highest BCUT2D eigenvalue weighted by Gasteiger charge is 1.98. The summed E-state index contributed by atoms with van der Waals surface area (Å²) in [5.74, 6) is -1.12. The first kappa shape index (κ1) is 16.6. The highest BCUT2D eigenvalue weighted by Crippen LogP contribution is 2.04. The van der Waals surface area contributed by atoms with Crippen molar-refractivity contribution in [2.45, 2.75) is 44.8 Å². The van der Waals surface area contributed by atoms with Crippen LogP contribution in [0.5, 0.6) is 0 Å². The second kappa shape index (κ2) is 10.7. The molecule has 6 nitrogen and oxygen atoms in total. The maximum atomic E-state index is 11.1. The van der Waals surface area contributed by atoms with Gasteiger partial charge in [0.05, 0.1) is 0 Å². The number of carbonyl (C=O) groups excluding carboxylic acids is 1. The SMILES string of the molecule is O=C(O)CCCCCCCNC(=O)/C=C/C(O)O. The van der Waals surface area contributed by atoms with Gasteiger partial charge in [0.15, 0.2) is 6.29 Å². The molecule has 4 N–H and O–H groups in total. The fourth-order valence-electron chi connectivity index (χ4n) is 1.38. The lowest BCUT2D eigenvalue weighted by Crippen LogP contribution is -2.22. The number of amides is 1. The third-order valence-electron chi connectivity index (χ3n) is 2.29. The fraction of sp³-hybridized carbons (Fsp3) is 0.667. The fourth-order valence-corrected chi connectivity index (χ4v) is 1.38. The first-order valence-electron chi connectivity index (χ1n) is 6.06. The molecule has 0 aromatic rings. The van der Waals surface area contributed by atoms with Gasteiger partial charge in [-0.1, -0.05) is 19.3 Å². The molecule has 0 unspecified atom stereocenters. The summed E-state index contributed by atoms with van der Waals surface area (Å²) in [6.07, 6.45) is 4.97. The Morgan fingerprint density at radius 3 is 2.28 bits per heavy atom. The van der Waals surface area contributed by atoms with Crippen LogP contribution in [-0.4, -0.2) is 40.0 Å². The molecule has 6 heteroatoms. The molecule has 0 aliphatic heterocycles. The van der Waals surface area contributed by atoms with Crippen molar-refractivity contribution in [1.82, 2.24) is 5.32 Å². The van der Waals surface area contributed by atoms with Crippen LogP contribution in [0.25, 0.3) is 0 Å². The van der Waals surface area contributed by atoms with Crippen molar-refractivity contribution in [3.8, 4) is 0 Å². The monoisotopic (exact) mass is 259 g/mol. The highest BCUT2D eigenvalue weighted by atomic mass is 16.5. The number of carbonyl (C=O) groups is 2. The number of aliphatic carboxylic acids is 1. The van der Waals surface area contributed by atoms with E-state index in [4.69, 9.17) is 15.3 Å². The lowest BCUT2D eigenvalue weighted by atomic mass is 10.1. The molecule has 0 atom stereocenters. The molecule has 104 valence electrons. The number of hydrogen-bond donors (Lipinski definition) is 4. The van der Waals surface area contributed by atoms with Gasteiger partial charge in [0.25, 0.3) is 0 Å². The molecule has 0 aliphatic carbocycles. The number of rotatable bonds is 10. The zero-order valence-electron chi connectivity index (χ0n) is 10.3. The standard InChI is InChI=1S/C12H21NO5/c14-10(7-8-12(17)18)13-9-5-3-1-2-4-6-11(15)16/h7-8,12,17-18H,1-6,9H2,(H,13,14)(H,15,16)/b8-7+. The zero-order chi connectivity index (χ0) is 13.8. The van der Waals surface area contributed by atoms with Gasteiger partial charge < -0.3 is 20.6 Å². The topological polar surface area (TPSA) is 107 Å². The van der Waals surface area contributed by atoms with E-state index in [9.17, 15) is 9.59 Å². The van der Waals surface area contributed by atoms with E-state index in [0.29, 0.717) is 13.0 Å². The van der Waals surface area contributed by atoms with Crippen molar-refractivity contribution in [2.24, 2.45) is 0 Å². The Morgan fingerprint density at radius 1 is 1.06 bits per heavy atom. The zero-order valence-corrected chi connectivity index (χ0v) is 10.3. The third kappa shape index (κ3) is 12.7.